The number of methoxy groups -OCH3 is 1. The summed E-state index contributed by atoms with van der Waals surface area (Å²) >= 11 is 0. The van der Waals surface area contributed by atoms with Gasteiger partial charge in [0.1, 0.15) is 5.75 Å². The molecule has 0 bridgehead atoms. The zero-order chi connectivity index (χ0) is 9.26. The van der Waals surface area contributed by atoms with Crippen molar-refractivity contribution in [2.45, 2.75) is 6.42 Å². The zero-order valence-electron chi connectivity index (χ0n) is 7.87. The van der Waals surface area contributed by atoms with Crippen LogP contribution in [0.4, 0.5) is 5.69 Å². The molecule has 0 amide bonds. The Labute approximate surface area is 88.9 Å². The summed E-state index contributed by atoms with van der Waals surface area (Å²) in [5.74, 6) is 0.820. The van der Waals surface area contributed by atoms with E-state index in [0.717, 1.165) is 12.2 Å². The van der Waals surface area contributed by atoms with E-state index in [1.807, 2.05) is 18.2 Å². The van der Waals surface area contributed by atoms with Crippen LogP contribution in [0.15, 0.2) is 18.2 Å². The van der Waals surface area contributed by atoms with Gasteiger partial charge in [0.15, 0.2) is 5.78 Å². The molecule has 0 saturated heterocycles. The summed E-state index contributed by atoms with van der Waals surface area (Å²) in [7, 11) is 1.58. The largest absolute Gasteiger partial charge is 0.496 e. The number of carbonyl (C=O) groups is 1. The average molecular weight is 214 g/mol. The number of hydrogen-bond donors (Lipinski definition) is 1. The number of ketones is 1. The van der Waals surface area contributed by atoms with E-state index in [9.17, 15) is 4.79 Å². The van der Waals surface area contributed by atoms with Gasteiger partial charge < -0.3 is 10.1 Å². The van der Waals surface area contributed by atoms with Crippen LogP contribution in [0.1, 0.15) is 16.8 Å². The van der Waals surface area contributed by atoms with E-state index in [-0.39, 0.29) is 18.2 Å². The molecule has 3 nitrogen and oxygen atoms in total. The van der Waals surface area contributed by atoms with Crippen molar-refractivity contribution in [3.8, 4) is 5.75 Å². The third-order valence-corrected chi connectivity index (χ3v) is 2.19. The quantitative estimate of drug-likeness (QED) is 0.777. The molecule has 1 aliphatic heterocycles. The second-order valence-corrected chi connectivity index (χ2v) is 2.98. The lowest BCUT2D eigenvalue weighted by molar-refractivity contribution is 0.0981. The molecule has 0 atom stereocenters. The van der Waals surface area contributed by atoms with Crippen LogP contribution in [-0.2, 0) is 0 Å². The summed E-state index contributed by atoms with van der Waals surface area (Å²) in [6.07, 6.45) is 0.549. The van der Waals surface area contributed by atoms with Crippen LogP contribution in [0.3, 0.4) is 0 Å². The molecule has 0 aromatic heterocycles. The number of carbonyl (C=O) groups excluding carboxylic acids is 1. The molecule has 0 spiro atoms. The van der Waals surface area contributed by atoms with Crippen LogP contribution in [0.5, 0.6) is 5.75 Å². The number of nitrogens with one attached hydrogen (secondary N) is 1. The predicted molar refractivity (Wildman–Crippen MR) is 57.7 cm³/mol. The van der Waals surface area contributed by atoms with Crippen LogP contribution >= 0.6 is 12.4 Å². The third kappa shape index (κ3) is 1.68. The minimum absolute atomic E-state index is 0. The molecule has 2 rings (SSSR count). The van der Waals surface area contributed by atoms with E-state index in [2.05, 4.69) is 5.32 Å². The van der Waals surface area contributed by atoms with Gasteiger partial charge in [0, 0.05) is 18.7 Å². The van der Waals surface area contributed by atoms with Crippen molar-refractivity contribution >= 4 is 23.9 Å². The van der Waals surface area contributed by atoms with Crippen molar-refractivity contribution in [1.82, 2.24) is 0 Å². The minimum atomic E-state index is 0. The molecule has 1 aromatic rings. The lowest BCUT2D eigenvalue weighted by Gasteiger charge is -2.18. The Balaban J connectivity index is 0.000000980. The van der Waals surface area contributed by atoms with Gasteiger partial charge in [0.25, 0.3) is 0 Å². The smallest absolute Gasteiger partial charge is 0.170 e. The fraction of sp³-hybridized carbons (Fsp3) is 0.300. The number of Topliss-reactive ketones (excluding diaryl/α,β-unsaturated/α-hetero) is 1. The first-order valence-electron chi connectivity index (χ1n) is 4.27. The number of anilines is 1. The van der Waals surface area contributed by atoms with Crippen molar-refractivity contribution in [2.24, 2.45) is 0 Å². The summed E-state index contributed by atoms with van der Waals surface area (Å²) in [6.45, 7) is 0.721. The average Bonchev–Trinajstić information content (AvgIpc) is 2.17. The maximum atomic E-state index is 11.5. The minimum Gasteiger partial charge on any atom is -0.496 e. The van der Waals surface area contributed by atoms with Gasteiger partial charge >= 0.3 is 0 Å². The van der Waals surface area contributed by atoms with Crippen LogP contribution in [-0.4, -0.2) is 19.4 Å². The van der Waals surface area contributed by atoms with Crippen molar-refractivity contribution in [2.75, 3.05) is 19.0 Å². The third-order valence-electron chi connectivity index (χ3n) is 2.19. The first-order chi connectivity index (χ1) is 6.33. The molecule has 1 heterocycles. The second kappa shape index (κ2) is 4.33. The highest BCUT2D eigenvalue weighted by atomic mass is 35.5. The number of benzene rings is 1. The van der Waals surface area contributed by atoms with Crippen LogP contribution in [0, 0.1) is 0 Å². The highest BCUT2D eigenvalue weighted by Gasteiger charge is 2.20. The molecule has 1 aromatic carbocycles. The maximum Gasteiger partial charge on any atom is 0.170 e. The Morgan fingerprint density at radius 1 is 1.43 bits per heavy atom. The molecule has 1 aliphatic rings. The Morgan fingerprint density at radius 3 is 2.93 bits per heavy atom. The fourth-order valence-electron chi connectivity index (χ4n) is 1.57. The van der Waals surface area contributed by atoms with Gasteiger partial charge in [-0.25, -0.2) is 0 Å². The first-order valence-corrected chi connectivity index (χ1v) is 4.27. The molecule has 4 heteroatoms. The molecule has 0 radical (unpaired) electrons. The summed E-state index contributed by atoms with van der Waals surface area (Å²) in [5.41, 5.74) is 1.58. The summed E-state index contributed by atoms with van der Waals surface area (Å²) in [6, 6.07) is 5.59. The van der Waals surface area contributed by atoms with Gasteiger partial charge in [0.2, 0.25) is 0 Å². The van der Waals surface area contributed by atoms with Gasteiger partial charge in [-0.05, 0) is 12.1 Å². The normalized spacial score (nSPS) is 13.6. The topological polar surface area (TPSA) is 38.3 Å². The van der Waals surface area contributed by atoms with Gasteiger partial charge in [-0.3, -0.25) is 4.79 Å². The summed E-state index contributed by atoms with van der Waals surface area (Å²) < 4.78 is 5.12. The lowest BCUT2D eigenvalue weighted by atomic mass is 10.0. The SMILES string of the molecule is COc1cccc2c1C(=O)CCN2.Cl. The van der Waals surface area contributed by atoms with E-state index in [1.165, 1.54) is 0 Å². The highest BCUT2D eigenvalue weighted by Crippen LogP contribution is 2.30. The van der Waals surface area contributed by atoms with Crippen LogP contribution < -0.4 is 10.1 Å². The number of rotatable bonds is 1. The predicted octanol–water partition coefficient (Wildman–Crippen LogP) is 2.12. The van der Waals surface area contributed by atoms with E-state index in [0.29, 0.717) is 17.7 Å². The molecular weight excluding hydrogens is 202 g/mol. The zero-order valence-corrected chi connectivity index (χ0v) is 8.69. The number of fused-ring (bicyclic) bond motifs is 1. The van der Waals surface area contributed by atoms with E-state index < -0.39 is 0 Å². The number of halogens is 1. The van der Waals surface area contributed by atoms with Crippen molar-refractivity contribution in [3.63, 3.8) is 0 Å². The van der Waals surface area contributed by atoms with Crippen molar-refractivity contribution in [3.05, 3.63) is 23.8 Å². The van der Waals surface area contributed by atoms with E-state index in [1.54, 1.807) is 7.11 Å². The van der Waals surface area contributed by atoms with Gasteiger partial charge in [-0.15, -0.1) is 12.4 Å². The van der Waals surface area contributed by atoms with Gasteiger partial charge in [-0.1, -0.05) is 6.07 Å². The molecule has 14 heavy (non-hydrogen) atoms. The first kappa shape index (κ1) is 10.9. The van der Waals surface area contributed by atoms with Crippen LogP contribution in [0.25, 0.3) is 0 Å². The van der Waals surface area contributed by atoms with E-state index >= 15 is 0 Å². The molecule has 0 fully saturated rings. The highest BCUT2D eigenvalue weighted by molar-refractivity contribution is 6.05. The molecule has 0 aliphatic carbocycles. The summed E-state index contributed by atoms with van der Waals surface area (Å²) in [4.78, 5) is 11.5. The Bertz CT molecular complexity index is 338. The Kier molecular flexibility index (Phi) is 3.36. The standard InChI is InChI=1S/C10H11NO2.ClH/c1-13-9-4-2-3-7-10(9)8(12)5-6-11-7;/h2-4,11H,5-6H2,1H3;1H. The molecule has 1 N–H and O–H groups in total. The Morgan fingerprint density at radius 2 is 2.21 bits per heavy atom. The van der Waals surface area contributed by atoms with Crippen molar-refractivity contribution < 1.29 is 9.53 Å². The maximum absolute atomic E-state index is 11.5. The Hall–Kier alpha value is -1.22. The lowest BCUT2D eigenvalue weighted by Crippen LogP contribution is -2.18. The molecule has 0 saturated carbocycles. The molecule has 0 unspecified atom stereocenters. The number of ether oxygens (including phenoxy) is 1. The van der Waals surface area contributed by atoms with Crippen molar-refractivity contribution in [1.29, 1.82) is 0 Å². The van der Waals surface area contributed by atoms with Gasteiger partial charge in [-0.2, -0.15) is 0 Å². The molecular formula is C10H12ClNO2. The van der Waals surface area contributed by atoms with E-state index in [4.69, 9.17) is 4.74 Å². The fourth-order valence-corrected chi connectivity index (χ4v) is 1.57. The monoisotopic (exact) mass is 213 g/mol. The van der Waals surface area contributed by atoms with Gasteiger partial charge in [0.05, 0.1) is 12.7 Å². The van der Waals surface area contributed by atoms with Crippen LogP contribution in [0.2, 0.25) is 0 Å². The number of hydrogen-bond acceptors (Lipinski definition) is 3. The second-order valence-electron chi connectivity index (χ2n) is 2.98. The summed E-state index contributed by atoms with van der Waals surface area (Å²) in [5, 5.41) is 3.17. The molecule has 76 valence electrons.